The average molecular weight is 247 g/mol. The summed E-state index contributed by atoms with van der Waals surface area (Å²) in [6, 6.07) is 8.78. The molecule has 3 heteroatoms. The number of aliphatic carboxylic acids is 1. The predicted molar refractivity (Wildman–Crippen MR) is 71.6 cm³/mol. The maximum atomic E-state index is 10.9. The summed E-state index contributed by atoms with van der Waals surface area (Å²) in [6.45, 7) is 4.99. The van der Waals surface area contributed by atoms with Gasteiger partial charge in [-0.3, -0.25) is 4.79 Å². The SMILES string of the molecule is CCC(C)c1ccc(C2CC(C(=O)O)CN2)cc1. The molecule has 2 rings (SSSR count). The molecule has 0 bridgehead atoms. The highest BCUT2D eigenvalue weighted by Crippen LogP contribution is 2.28. The first-order valence-corrected chi connectivity index (χ1v) is 6.67. The zero-order valence-electron chi connectivity index (χ0n) is 11.0. The van der Waals surface area contributed by atoms with E-state index in [1.54, 1.807) is 0 Å². The number of hydrogen-bond donors (Lipinski definition) is 2. The second-order valence-corrected chi connectivity index (χ2v) is 5.21. The number of carboxylic acids is 1. The van der Waals surface area contributed by atoms with Crippen molar-refractivity contribution in [3.8, 4) is 0 Å². The molecule has 1 aliphatic rings. The molecule has 3 atom stereocenters. The largest absolute Gasteiger partial charge is 0.481 e. The van der Waals surface area contributed by atoms with Crippen LogP contribution in [0.15, 0.2) is 24.3 Å². The van der Waals surface area contributed by atoms with Crippen LogP contribution in [-0.2, 0) is 4.79 Å². The number of carboxylic acid groups (broad SMARTS) is 1. The lowest BCUT2D eigenvalue weighted by molar-refractivity contribution is -0.141. The monoisotopic (exact) mass is 247 g/mol. The van der Waals surface area contributed by atoms with Gasteiger partial charge in [0.25, 0.3) is 0 Å². The molecule has 0 radical (unpaired) electrons. The van der Waals surface area contributed by atoms with Gasteiger partial charge < -0.3 is 10.4 Å². The van der Waals surface area contributed by atoms with Gasteiger partial charge in [0.05, 0.1) is 5.92 Å². The summed E-state index contributed by atoms with van der Waals surface area (Å²) < 4.78 is 0. The summed E-state index contributed by atoms with van der Waals surface area (Å²) in [5.41, 5.74) is 2.56. The fraction of sp³-hybridized carbons (Fsp3) is 0.533. The molecule has 0 aliphatic carbocycles. The minimum absolute atomic E-state index is 0.192. The van der Waals surface area contributed by atoms with E-state index >= 15 is 0 Å². The van der Waals surface area contributed by atoms with E-state index in [4.69, 9.17) is 5.11 Å². The van der Waals surface area contributed by atoms with E-state index in [0.717, 1.165) is 6.42 Å². The third kappa shape index (κ3) is 2.72. The molecule has 1 aromatic carbocycles. The Kier molecular flexibility index (Phi) is 4.02. The van der Waals surface area contributed by atoms with Crippen LogP contribution in [0.1, 0.15) is 49.8 Å². The Balaban J connectivity index is 2.05. The van der Waals surface area contributed by atoms with Gasteiger partial charge in [-0.2, -0.15) is 0 Å². The first-order chi connectivity index (χ1) is 8.61. The Labute approximate surface area is 108 Å². The third-order valence-corrected chi connectivity index (χ3v) is 4.00. The molecule has 1 fully saturated rings. The Bertz CT molecular complexity index is 413. The lowest BCUT2D eigenvalue weighted by Gasteiger charge is -2.13. The average Bonchev–Trinajstić information content (AvgIpc) is 2.88. The Morgan fingerprint density at radius 2 is 2.11 bits per heavy atom. The van der Waals surface area contributed by atoms with Gasteiger partial charge in [-0.1, -0.05) is 38.1 Å². The summed E-state index contributed by atoms with van der Waals surface area (Å²) in [4.78, 5) is 10.9. The van der Waals surface area contributed by atoms with E-state index in [-0.39, 0.29) is 12.0 Å². The van der Waals surface area contributed by atoms with Gasteiger partial charge in [-0.15, -0.1) is 0 Å². The van der Waals surface area contributed by atoms with Gasteiger partial charge in [-0.05, 0) is 29.9 Å². The van der Waals surface area contributed by atoms with E-state index in [9.17, 15) is 4.79 Å². The Hall–Kier alpha value is -1.35. The quantitative estimate of drug-likeness (QED) is 0.860. The smallest absolute Gasteiger partial charge is 0.307 e. The highest BCUT2D eigenvalue weighted by Gasteiger charge is 2.29. The van der Waals surface area contributed by atoms with Crippen LogP contribution < -0.4 is 5.32 Å². The fourth-order valence-electron chi connectivity index (χ4n) is 2.47. The normalized spacial score (nSPS) is 25.0. The van der Waals surface area contributed by atoms with E-state index < -0.39 is 5.97 Å². The summed E-state index contributed by atoms with van der Waals surface area (Å²) in [7, 11) is 0. The van der Waals surface area contributed by atoms with Crippen LogP contribution in [0, 0.1) is 5.92 Å². The van der Waals surface area contributed by atoms with E-state index in [2.05, 4.69) is 43.4 Å². The topological polar surface area (TPSA) is 49.3 Å². The van der Waals surface area contributed by atoms with Gasteiger partial charge in [0.1, 0.15) is 0 Å². The van der Waals surface area contributed by atoms with Gasteiger partial charge in [0.15, 0.2) is 0 Å². The first kappa shape index (κ1) is 13.1. The lowest BCUT2D eigenvalue weighted by Crippen LogP contribution is -2.17. The predicted octanol–water partition coefficient (Wildman–Crippen LogP) is 2.94. The van der Waals surface area contributed by atoms with Crippen molar-refractivity contribution in [1.82, 2.24) is 5.32 Å². The molecule has 98 valence electrons. The van der Waals surface area contributed by atoms with Crippen LogP contribution in [0.4, 0.5) is 0 Å². The van der Waals surface area contributed by atoms with Crippen LogP contribution >= 0.6 is 0 Å². The summed E-state index contributed by atoms with van der Waals surface area (Å²) >= 11 is 0. The van der Waals surface area contributed by atoms with Crippen molar-refractivity contribution < 1.29 is 9.90 Å². The molecular weight excluding hydrogens is 226 g/mol. The molecule has 0 amide bonds. The lowest BCUT2D eigenvalue weighted by atomic mass is 9.94. The van der Waals surface area contributed by atoms with Crippen molar-refractivity contribution in [3.63, 3.8) is 0 Å². The molecule has 0 aromatic heterocycles. The molecule has 3 nitrogen and oxygen atoms in total. The third-order valence-electron chi connectivity index (χ3n) is 4.00. The molecular formula is C15H21NO2. The van der Waals surface area contributed by atoms with E-state index in [1.807, 2.05) is 0 Å². The number of rotatable bonds is 4. The van der Waals surface area contributed by atoms with E-state index in [1.165, 1.54) is 11.1 Å². The highest BCUT2D eigenvalue weighted by atomic mass is 16.4. The molecule has 1 aliphatic heterocycles. The van der Waals surface area contributed by atoms with Crippen LogP contribution in [-0.4, -0.2) is 17.6 Å². The van der Waals surface area contributed by atoms with Crippen molar-refractivity contribution in [2.45, 2.75) is 38.6 Å². The number of carbonyl (C=O) groups is 1. The number of benzene rings is 1. The van der Waals surface area contributed by atoms with E-state index in [0.29, 0.717) is 18.9 Å². The number of nitrogens with one attached hydrogen (secondary N) is 1. The van der Waals surface area contributed by atoms with Crippen LogP contribution in [0.3, 0.4) is 0 Å². The van der Waals surface area contributed by atoms with Crippen molar-refractivity contribution in [2.24, 2.45) is 5.92 Å². The molecule has 0 spiro atoms. The highest BCUT2D eigenvalue weighted by molar-refractivity contribution is 5.70. The first-order valence-electron chi connectivity index (χ1n) is 6.67. The minimum atomic E-state index is -0.693. The molecule has 0 saturated carbocycles. The molecule has 2 N–H and O–H groups in total. The van der Waals surface area contributed by atoms with Gasteiger partial charge >= 0.3 is 5.97 Å². The second kappa shape index (κ2) is 5.53. The van der Waals surface area contributed by atoms with Crippen LogP contribution in [0.25, 0.3) is 0 Å². The van der Waals surface area contributed by atoms with Crippen molar-refractivity contribution in [1.29, 1.82) is 0 Å². The van der Waals surface area contributed by atoms with Crippen molar-refractivity contribution in [2.75, 3.05) is 6.54 Å². The summed E-state index contributed by atoms with van der Waals surface area (Å²) in [6.07, 6.45) is 1.83. The maximum absolute atomic E-state index is 10.9. The Morgan fingerprint density at radius 1 is 1.44 bits per heavy atom. The second-order valence-electron chi connectivity index (χ2n) is 5.21. The molecule has 3 unspecified atom stereocenters. The minimum Gasteiger partial charge on any atom is -0.481 e. The molecule has 1 aromatic rings. The summed E-state index contributed by atoms with van der Waals surface area (Å²) in [5, 5.41) is 12.3. The zero-order chi connectivity index (χ0) is 13.1. The van der Waals surface area contributed by atoms with Gasteiger partial charge in [0, 0.05) is 12.6 Å². The van der Waals surface area contributed by atoms with Gasteiger partial charge in [0.2, 0.25) is 0 Å². The van der Waals surface area contributed by atoms with Crippen molar-refractivity contribution in [3.05, 3.63) is 35.4 Å². The number of hydrogen-bond acceptors (Lipinski definition) is 2. The maximum Gasteiger partial charge on any atom is 0.307 e. The molecule has 1 heterocycles. The standard InChI is InChI=1S/C15H21NO2/c1-3-10(2)11-4-6-12(7-5-11)14-8-13(9-16-14)15(17)18/h4-7,10,13-14,16H,3,8-9H2,1-2H3,(H,17,18). The summed E-state index contributed by atoms with van der Waals surface area (Å²) in [5.74, 6) is -0.354. The molecule has 1 saturated heterocycles. The van der Waals surface area contributed by atoms with Gasteiger partial charge in [-0.25, -0.2) is 0 Å². The van der Waals surface area contributed by atoms with Crippen molar-refractivity contribution >= 4 is 5.97 Å². The van der Waals surface area contributed by atoms with Crippen LogP contribution in [0.5, 0.6) is 0 Å². The Morgan fingerprint density at radius 3 is 2.61 bits per heavy atom. The fourth-order valence-corrected chi connectivity index (χ4v) is 2.47. The zero-order valence-corrected chi connectivity index (χ0v) is 11.0. The van der Waals surface area contributed by atoms with Crippen LogP contribution in [0.2, 0.25) is 0 Å². The molecule has 18 heavy (non-hydrogen) atoms.